The van der Waals surface area contributed by atoms with E-state index in [1.807, 2.05) is 0 Å². The molecule has 0 atom stereocenters. The Balaban J connectivity index is 3.13. The highest BCUT2D eigenvalue weighted by molar-refractivity contribution is 7.90. The molecule has 0 unspecified atom stereocenters. The van der Waals surface area contributed by atoms with Crippen molar-refractivity contribution in [2.24, 2.45) is 5.84 Å². The lowest BCUT2D eigenvalue weighted by molar-refractivity contribution is 0.602. The topological polar surface area (TPSA) is 72.2 Å². The van der Waals surface area contributed by atoms with Crippen molar-refractivity contribution in [1.29, 1.82) is 0 Å². The Morgan fingerprint density at radius 1 is 1.50 bits per heavy atom. The van der Waals surface area contributed by atoms with Crippen molar-refractivity contribution in [1.82, 2.24) is 5.43 Å². The molecule has 1 aromatic carbocycles. The number of nitrogens with two attached hydrogens (primary N) is 1. The van der Waals surface area contributed by atoms with Crippen molar-refractivity contribution in [3.63, 3.8) is 0 Å². The molecular formula is C8H11ClN2O2S. The summed E-state index contributed by atoms with van der Waals surface area (Å²) >= 11 is 5.85. The average molecular weight is 235 g/mol. The molecule has 3 N–H and O–H groups in total. The van der Waals surface area contributed by atoms with Crippen LogP contribution >= 0.6 is 11.6 Å². The van der Waals surface area contributed by atoms with Gasteiger partial charge in [-0.15, -0.1) is 0 Å². The highest BCUT2D eigenvalue weighted by atomic mass is 35.5. The van der Waals surface area contributed by atoms with E-state index in [9.17, 15) is 8.42 Å². The highest BCUT2D eigenvalue weighted by Gasteiger charge is 2.09. The minimum Gasteiger partial charge on any atom is -0.271 e. The van der Waals surface area contributed by atoms with Crippen LogP contribution in [0.15, 0.2) is 23.1 Å². The first-order valence-electron chi connectivity index (χ1n) is 3.87. The second-order valence-electron chi connectivity index (χ2n) is 2.91. The van der Waals surface area contributed by atoms with Gasteiger partial charge in [-0.1, -0.05) is 17.7 Å². The number of rotatable bonds is 3. The fraction of sp³-hybridized carbons (Fsp3) is 0.250. The molecule has 78 valence electrons. The van der Waals surface area contributed by atoms with Gasteiger partial charge in [-0.25, -0.2) is 8.42 Å². The monoisotopic (exact) mass is 234 g/mol. The van der Waals surface area contributed by atoms with Crippen LogP contribution in [0.2, 0.25) is 5.02 Å². The summed E-state index contributed by atoms with van der Waals surface area (Å²) in [6.45, 7) is 0.406. The van der Waals surface area contributed by atoms with Crippen LogP contribution in [0.25, 0.3) is 0 Å². The van der Waals surface area contributed by atoms with E-state index in [2.05, 4.69) is 5.43 Å². The van der Waals surface area contributed by atoms with Crippen LogP contribution in [0.4, 0.5) is 0 Å². The van der Waals surface area contributed by atoms with Crippen molar-refractivity contribution in [3.05, 3.63) is 28.8 Å². The Bertz CT molecular complexity index is 431. The van der Waals surface area contributed by atoms with Crippen LogP contribution in [0.3, 0.4) is 0 Å². The zero-order valence-corrected chi connectivity index (χ0v) is 9.19. The summed E-state index contributed by atoms with van der Waals surface area (Å²) in [5, 5.41) is 0.394. The standard InChI is InChI=1S/C8H11ClN2O2S/c1-14(12,13)7-3-2-6(5-11-10)8(9)4-7/h2-4,11H,5,10H2,1H3. The predicted molar refractivity (Wildman–Crippen MR) is 55.6 cm³/mol. The third-order valence-corrected chi connectivity index (χ3v) is 3.21. The Hall–Kier alpha value is -0.620. The Labute approximate surface area is 87.9 Å². The first-order chi connectivity index (χ1) is 6.45. The molecule has 0 fully saturated rings. The Kier molecular flexibility index (Phi) is 3.49. The van der Waals surface area contributed by atoms with E-state index in [0.29, 0.717) is 11.6 Å². The maximum Gasteiger partial charge on any atom is 0.175 e. The lowest BCUT2D eigenvalue weighted by atomic mass is 10.2. The van der Waals surface area contributed by atoms with Gasteiger partial charge in [-0.3, -0.25) is 11.3 Å². The first kappa shape index (κ1) is 11.5. The number of hydrogen-bond donors (Lipinski definition) is 2. The van der Waals surface area contributed by atoms with Crippen molar-refractivity contribution in [2.75, 3.05) is 6.26 Å². The summed E-state index contributed by atoms with van der Waals surface area (Å²) in [5.74, 6) is 5.13. The lowest BCUT2D eigenvalue weighted by Gasteiger charge is -2.05. The molecule has 0 bridgehead atoms. The van der Waals surface area contributed by atoms with Crippen LogP contribution in [0, 0.1) is 0 Å². The van der Waals surface area contributed by atoms with E-state index in [1.54, 1.807) is 6.07 Å². The average Bonchev–Trinajstić information content (AvgIpc) is 2.07. The smallest absolute Gasteiger partial charge is 0.175 e. The minimum atomic E-state index is -3.19. The van der Waals surface area contributed by atoms with Crippen molar-refractivity contribution in [3.8, 4) is 0 Å². The maximum atomic E-state index is 11.2. The third-order valence-electron chi connectivity index (χ3n) is 1.75. The predicted octanol–water partition coefficient (Wildman–Crippen LogP) is 0.707. The molecular weight excluding hydrogens is 224 g/mol. The van der Waals surface area contributed by atoms with Gasteiger partial charge in [-0.2, -0.15) is 0 Å². The normalized spacial score (nSPS) is 11.6. The number of halogens is 1. The largest absolute Gasteiger partial charge is 0.271 e. The van der Waals surface area contributed by atoms with Gasteiger partial charge < -0.3 is 0 Å². The fourth-order valence-electron chi connectivity index (χ4n) is 1.01. The van der Waals surface area contributed by atoms with Gasteiger partial charge in [0.2, 0.25) is 0 Å². The number of sulfone groups is 1. The molecule has 0 spiro atoms. The molecule has 6 heteroatoms. The number of hydrazine groups is 1. The molecule has 0 heterocycles. The van der Waals surface area contributed by atoms with E-state index in [1.165, 1.54) is 12.1 Å². The van der Waals surface area contributed by atoms with Crippen LogP contribution in [-0.2, 0) is 16.4 Å². The van der Waals surface area contributed by atoms with Gasteiger partial charge in [0.25, 0.3) is 0 Å². The molecule has 1 rings (SSSR count). The van der Waals surface area contributed by atoms with E-state index in [4.69, 9.17) is 17.4 Å². The fourth-order valence-corrected chi connectivity index (χ4v) is 1.97. The Morgan fingerprint density at radius 3 is 2.57 bits per heavy atom. The highest BCUT2D eigenvalue weighted by Crippen LogP contribution is 2.20. The van der Waals surface area contributed by atoms with E-state index in [0.717, 1.165) is 11.8 Å². The summed E-state index contributed by atoms with van der Waals surface area (Å²) in [6, 6.07) is 4.57. The molecule has 0 aliphatic heterocycles. The van der Waals surface area contributed by atoms with Crippen molar-refractivity contribution >= 4 is 21.4 Å². The summed E-state index contributed by atoms with van der Waals surface area (Å²) in [5.41, 5.74) is 3.21. The zero-order chi connectivity index (χ0) is 10.8. The van der Waals surface area contributed by atoms with Gasteiger partial charge >= 0.3 is 0 Å². The van der Waals surface area contributed by atoms with Crippen LogP contribution < -0.4 is 11.3 Å². The molecule has 0 radical (unpaired) electrons. The van der Waals surface area contributed by atoms with E-state index >= 15 is 0 Å². The van der Waals surface area contributed by atoms with E-state index in [-0.39, 0.29) is 4.90 Å². The number of hydrogen-bond acceptors (Lipinski definition) is 4. The summed E-state index contributed by atoms with van der Waals surface area (Å²) in [7, 11) is -3.19. The lowest BCUT2D eigenvalue weighted by Crippen LogP contribution is -2.21. The first-order valence-corrected chi connectivity index (χ1v) is 6.14. The zero-order valence-electron chi connectivity index (χ0n) is 7.62. The van der Waals surface area contributed by atoms with Gasteiger partial charge in [-0.05, 0) is 17.7 Å². The van der Waals surface area contributed by atoms with Crippen molar-refractivity contribution in [2.45, 2.75) is 11.4 Å². The number of nitrogens with one attached hydrogen (secondary N) is 1. The molecule has 0 amide bonds. The minimum absolute atomic E-state index is 0.211. The third kappa shape index (κ3) is 2.68. The molecule has 4 nitrogen and oxygen atoms in total. The molecule has 0 aromatic heterocycles. The van der Waals surface area contributed by atoms with Gasteiger partial charge in [0, 0.05) is 17.8 Å². The second kappa shape index (κ2) is 4.27. The Morgan fingerprint density at radius 2 is 2.14 bits per heavy atom. The summed E-state index contributed by atoms with van der Waals surface area (Å²) < 4.78 is 22.3. The van der Waals surface area contributed by atoms with Gasteiger partial charge in [0.05, 0.1) is 4.90 Å². The molecule has 0 saturated heterocycles. The van der Waals surface area contributed by atoms with E-state index < -0.39 is 9.84 Å². The SMILES string of the molecule is CS(=O)(=O)c1ccc(CNN)c(Cl)c1. The van der Waals surface area contributed by atoms with Gasteiger partial charge in [0.1, 0.15) is 0 Å². The molecule has 0 aliphatic rings. The molecule has 14 heavy (non-hydrogen) atoms. The van der Waals surface area contributed by atoms with Crippen LogP contribution in [0.1, 0.15) is 5.56 Å². The molecule has 0 saturated carbocycles. The summed E-state index contributed by atoms with van der Waals surface area (Å²) in [4.78, 5) is 0.211. The van der Waals surface area contributed by atoms with Crippen LogP contribution in [0.5, 0.6) is 0 Å². The van der Waals surface area contributed by atoms with Gasteiger partial charge in [0.15, 0.2) is 9.84 Å². The van der Waals surface area contributed by atoms with Crippen LogP contribution in [-0.4, -0.2) is 14.7 Å². The molecule has 0 aliphatic carbocycles. The second-order valence-corrected chi connectivity index (χ2v) is 5.33. The van der Waals surface area contributed by atoms with Crippen molar-refractivity contribution < 1.29 is 8.42 Å². The summed E-state index contributed by atoms with van der Waals surface area (Å²) in [6.07, 6.45) is 1.14. The quantitative estimate of drug-likeness (QED) is 0.597. The molecule has 1 aromatic rings. The number of benzene rings is 1. The maximum absolute atomic E-state index is 11.2.